The third-order valence-corrected chi connectivity index (χ3v) is 2.90. The van der Waals surface area contributed by atoms with Crippen LogP contribution in [0.2, 0.25) is 0 Å². The summed E-state index contributed by atoms with van der Waals surface area (Å²) in [6.45, 7) is 1.71. The molecule has 3 N–H and O–H groups in total. The standard InChI is InChI=1S/C9H11NO4S/c1-6-2-3-8(15(10,13)14)4-7(6)5-9(11)12/h2-4H,5H2,1H3,(H,11,12)(H2,10,13,14). The second-order valence-corrected chi connectivity index (χ2v) is 4.77. The van der Waals surface area contributed by atoms with Crippen LogP contribution in [0.1, 0.15) is 11.1 Å². The van der Waals surface area contributed by atoms with Crippen molar-refractivity contribution in [2.24, 2.45) is 5.14 Å². The van der Waals surface area contributed by atoms with Crippen LogP contribution < -0.4 is 5.14 Å². The summed E-state index contributed by atoms with van der Waals surface area (Å²) in [4.78, 5) is 10.4. The molecule has 0 saturated heterocycles. The monoisotopic (exact) mass is 229 g/mol. The minimum Gasteiger partial charge on any atom is -0.481 e. The minimum atomic E-state index is -3.77. The van der Waals surface area contributed by atoms with E-state index in [2.05, 4.69) is 0 Å². The molecule has 82 valence electrons. The Balaban J connectivity index is 3.23. The number of aryl methyl sites for hydroxylation is 1. The van der Waals surface area contributed by atoms with Crippen LogP contribution in [-0.4, -0.2) is 19.5 Å². The van der Waals surface area contributed by atoms with E-state index in [1.165, 1.54) is 18.2 Å². The van der Waals surface area contributed by atoms with Crippen molar-refractivity contribution in [1.82, 2.24) is 0 Å². The van der Waals surface area contributed by atoms with Crippen LogP contribution in [-0.2, 0) is 21.2 Å². The predicted octanol–water partition coefficient (Wildman–Crippen LogP) is 0.270. The maximum atomic E-state index is 11.0. The van der Waals surface area contributed by atoms with Gasteiger partial charge >= 0.3 is 5.97 Å². The molecule has 1 rings (SSSR count). The average molecular weight is 229 g/mol. The van der Waals surface area contributed by atoms with Crippen LogP contribution in [0.5, 0.6) is 0 Å². The van der Waals surface area contributed by atoms with Crippen LogP contribution in [0.25, 0.3) is 0 Å². The van der Waals surface area contributed by atoms with Crippen LogP contribution in [0.4, 0.5) is 0 Å². The van der Waals surface area contributed by atoms with E-state index in [4.69, 9.17) is 10.2 Å². The second-order valence-electron chi connectivity index (χ2n) is 3.20. The topological polar surface area (TPSA) is 97.5 Å². The van der Waals surface area contributed by atoms with Gasteiger partial charge in [0, 0.05) is 0 Å². The lowest BCUT2D eigenvalue weighted by Crippen LogP contribution is -2.13. The number of rotatable bonds is 3. The number of hydrogen-bond donors (Lipinski definition) is 2. The number of aliphatic carboxylic acids is 1. The summed E-state index contributed by atoms with van der Waals surface area (Å²) in [6.07, 6.45) is -0.213. The first kappa shape index (κ1) is 11.7. The number of carbonyl (C=O) groups is 1. The molecular formula is C9H11NO4S. The number of carboxylic acids is 1. The van der Waals surface area contributed by atoms with Gasteiger partial charge < -0.3 is 5.11 Å². The molecule has 5 nitrogen and oxygen atoms in total. The zero-order valence-electron chi connectivity index (χ0n) is 8.10. The average Bonchev–Trinajstić information content (AvgIpc) is 2.06. The van der Waals surface area contributed by atoms with Gasteiger partial charge in [-0.15, -0.1) is 0 Å². The van der Waals surface area contributed by atoms with E-state index in [-0.39, 0.29) is 11.3 Å². The second kappa shape index (κ2) is 4.00. The van der Waals surface area contributed by atoms with Crippen molar-refractivity contribution in [1.29, 1.82) is 0 Å². The Morgan fingerprint density at radius 3 is 2.53 bits per heavy atom. The molecule has 1 aromatic carbocycles. The molecule has 0 aliphatic rings. The van der Waals surface area contributed by atoms with Gasteiger partial charge in [0.05, 0.1) is 11.3 Å². The zero-order chi connectivity index (χ0) is 11.6. The van der Waals surface area contributed by atoms with Gasteiger partial charge in [-0.05, 0) is 30.2 Å². The van der Waals surface area contributed by atoms with E-state index in [9.17, 15) is 13.2 Å². The lowest BCUT2D eigenvalue weighted by atomic mass is 10.1. The first-order chi connectivity index (χ1) is 6.80. The molecule has 0 radical (unpaired) electrons. The Morgan fingerprint density at radius 1 is 1.47 bits per heavy atom. The Labute approximate surface area is 87.6 Å². The van der Waals surface area contributed by atoms with Gasteiger partial charge in [0.25, 0.3) is 0 Å². The van der Waals surface area contributed by atoms with Crippen molar-refractivity contribution in [3.63, 3.8) is 0 Å². The molecule has 0 amide bonds. The summed E-state index contributed by atoms with van der Waals surface area (Å²) in [5, 5.41) is 13.5. The molecule has 0 saturated carbocycles. The molecule has 0 aromatic heterocycles. The molecule has 6 heteroatoms. The molecule has 0 spiro atoms. The largest absolute Gasteiger partial charge is 0.481 e. The number of benzene rings is 1. The summed E-state index contributed by atoms with van der Waals surface area (Å²) in [7, 11) is -3.77. The quantitative estimate of drug-likeness (QED) is 0.777. The SMILES string of the molecule is Cc1ccc(S(N)(=O)=O)cc1CC(=O)O. The highest BCUT2D eigenvalue weighted by molar-refractivity contribution is 7.89. The molecule has 0 fully saturated rings. The van der Waals surface area contributed by atoms with Crippen LogP contribution in [0, 0.1) is 6.92 Å². The maximum absolute atomic E-state index is 11.0. The van der Waals surface area contributed by atoms with E-state index in [1.54, 1.807) is 6.92 Å². The van der Waals surface area contributed by atoms with E-state index < -0.39 is 16.0 Å². The Kier molecular flexibility index (Phi) is 3.11. The van der Waals surface area contributed by atoms with Crippen molar-refractivity contribution in [3.8, 4) is 0 Å². The van der Waals surface area contributed by atoms with Gasteiger partial charge in [0.1, 0.15) is 0 Å². The summed E-state index contributed by atoms with van der Waals surface area (Å²) in [6, 6.07) is 4.19. The highest BCUT2D eigenvalue weighted by Crippen LogP contribution is 2.14. The predicted molar refractivity (Wildman–Crippen MR) is 53.9 cm³/mol. The number of sulfonamides is 1. The third-order valence-electron chi connectivity index (χ3n) is 1.99. The van der Waals surface area contributed by atoms with E-state index in [0.717, 1.165) is 5.56 Å². The van der Waals surface area contributed by atoms with Crippen molar-refractivity contribution >= 4 is 16.0 Å². The zero-order valence-corrected chi connectivity index (χ0v) is 8.91. The van der Waals surface area contributed by atoms with Crippen molar-refractivity contribution in [2.45, 2.75) is 18.2 Å². The molecule has 0 aliphatic carbocycles. The lowest BCUT2D eigenvalue weighted by Gasteiger charge is -2.05. The Morgan fingerprint density at radius 2 is 2.07 bits per heavy atom. The molecule has 0 atom stereocenters. The Bertz CT molecular complexity index is 493. The summed E-state index contributed by atoms with van der Waals surface area (Å²) < 4.78 is 22.0. The van der Waals surface area contributed by atoms with E-state index in [0.29, 0.717) is 5.56 Å². The van der Waals surface area contributed by atoms with Crippen molar-refractivity contribution in [2.75, 3.05) is 0 Å². The molecule has 0 heterocycles. The van der Waals surface area contributed by atoms with Crippen molar-refractivity contribution < 1.29 is 18.3 Å². The normalized spacial score (nSPS) is 11.3. The van der Waals surface area contributed by atoms with Crippen LogP contribution >= 0.6 is 0 Å². The fraction of sp³-hybridized carbons (Fsp3) is 0.222. The summed E-state index contributed by atoms with van der Waals surface area (Å²) in [5.41, 5.74) is 1.18. The number of nitrogens with two attached hydrogens (primary N) is 1. The van der Waals surface area contributed by atoms with Gasteiger partial charge in [-0.2, -0.15) is 0 Å². The maximum Gasteiger partial charge on any atom is 0.307 e. The van der Waals surface area contributed by atoms with Gasteiger partial charge in [-0.3, -0.25) is 4.79 Å². The van der Waals surface area contributed by atoms with Crippen LogP contribution in [0.3, 0.4) is 0 Å². The van der Waals surface area contributed by atoms with E-state index >= 15 is 0 Å². The van der Waals surface area contributed by atoms with Gasteiger partial charge in [-0.25, -0.2) is 13.6 Å². The van der Waals surface area contributed by atoms with Gasteiger partial charge in [0.15, 0.2) is 0 Å². The Hall–Kier alpha value is -1.40. The minimum absolute atomic E-state index is 0.0654. The van der Waals surface area contributed by atoms with Crippen molar-refractivity contribution in [3.05, 3.63) is 29.3 Å². The third kappa shape index (κ3) is 3.03. The molecule has 0 unspecified atom stereocenters. The summed E-state index contributed by atoms with van der Waals surface area (Å²) >= 11 is 0. The highest BCUT2D eigenvalue weighted by Gasteiger charge is 2.11. The molecule has 15 heavy (non-hydrogen) atoms. The smallest absolute Gasteiger partial charge is 0.307 e. The van der Waals surface area contributed by atoms with Gasteiger partial charge in [0.2, 0.25) is 10.0 Å². The first-order valence-electron chi connectivity index (χ1n) is 4.15. The fourth-order valence-corrected chi connectivity index (χ4v) is 1.74. The molecular weight excluding hydrogens is 218 g/mol. The number of primary sulfonamides is 1. The number of carboxylic acid groups (broad SMARTS) is 1. The van der Waals surface area contributed by atoms with E-state index in [1.807, 2.05) is 0 Å². The first-order valence-corrected chi connectivity index (χ1v) is 5.69. The van der Waals surface area contributed by atoms with Crippen LogP contribution in [0.15, 0.2) is 23.1 Å². The summed E-state index contributed by atoms with van der Waals surface area (Å²) in [5.74, 6) is -1.01. The fourth-order valence-electron chi connectivity index (χ4n) is 1.18. The number of hydrogen-bond acceptors (Lipinski definition) is 3. The molecule has 1 aromatic rings. The highest BCUT2D eigenvalue weighted by atomic mass is 32.2. The van der Waals surface area contributed by atoms with Gasteiger partial charge in [-0.1, -0.05) is 6.07 Å². The lowest BCUT2D eigenvalue weighted by molar-refractivity contribution is -0.136. The molecule has 0 aliphatic heterocycles. The molecule has 0 bridgehead atoms.